The smallest absolute Gasteiger partial charge is 0.109 e. The van der Waals surface area contributed by atoms with Crippen molar-refractivity contribution >= 4 is 11.0 Å². The van der Waals surface area contributed by atoms with E-state index in [1.54, 1.807) is 6.20 Å². The van der Waals surface area contributed by atoms with Crippen LogP contribution in [0.3, 0.4) is 0 Å². The summed E-state index contributed by atoms with van der Waals surface area (Å²) in [5, 5.41) is 4.19. The fourth-order valence-corrected chi connectivity index (χ4v) is 1.60. The molecule has 0 fully saturated rings. The molecule has 68 valence electrons. The molecule has 2 aromatic rings. The molecule has 0 radical (unpaired) electrons. The van der Waals surface area contributed by atoms with Gasteiger partial charge in [-0.1, -0.05) is 13.8 Å². The number of nitrogens with zero attached hydrogens (tertiary/aromatic N) is 3. The Bertz CT molecular complexity index is 429. The normalized spacial score (nSPS) is 11.4. The van der Waals surface area contributed by atoms with E-state index >= 15 is 0 Å². The van der Waals surface area contributed by atoms with Crippen LogP contribution in [0, 0.1) is 0 Å². The molecule has 0 unspecified atom stereocenters. The van der Waals surface area contributed by atoms with Crippen molar-refractivity contribution in [3.8, 4) is 0 Å². The lowest BCUT2D eigenvalue weighted by Gasteiger charge is -2.07. The second-order valence-electron chi connectivity index (χ2n) is 3.56. The summed E-state index contributed by atoms with van der Waals surface area (Å²) in [4.78, 5) is 4.26. The van der Waals surface area contributed by atoms with Crippen molar-refractivity contribution in [2.45, 2.75) is 19.8 Å². The Morgan fingerprint density at radius 3 is 2.85 bits per heavy atom. The number of fused-ring (bicyclic) bond motifs is 1. The van der Waals surface area contributed by atoms with Crippen molar-refractivity contribution in [3.05, 3.63) is 24.0 Å². The zero-order valence-corrected chi connectivity index (χ0v) is 8.15. The van der Waals surface area contributed by atoms with Crippen molar-refractivity contribution < 1.29 is 0 Å². The Hall–Kier alpha value is -1.38. The highest BCUT2D eigenvalue weighted by atomic mass is 15.3. The average Bonchev–Trinajstić information content (AvgIpc) is 2.48. The Kier molecular flexibility index (Phi) is 1.79. The Balaban J connectivity index is 2.80. The van der Waals surface area contributed by atoms with E-state index in [1.807, 2.05) is 17.9 Å². The molecule has 2 heterocycles. The van der Waals surface area contributed by atoms with Crippen molar-refractivity contribution in [2.24, 2.45) is 7.05 Å². The largest absolute Gasteiger partial charge is 0.266 e. The van der Waals surface area contributed by atoms with Crippen LogP contribution < -0.4 is 0 Å². The molecular weight excluding hydrogens is 162 g/mol. The molecule has 0 aliphatic heterocycles. The Morgan fingerprint density at radius 1 is 1.38 bits per heavy atom. The van der Waals surface area contributed by atoms with Gasteiger partial charge in [0.25, 0.3) is 0 Å². The van der Waals surface area contributed by atoms with E-state index in [4.69, 9.17) is 0 Å². The predicted molar refractivity (Wildman–Crippen MR) is 52.6 cm³/mol. The highest BCUT2D eigenvalue weighted by molar-refractivity contribution is 5.78. The number of aromatic nitrogens is 3. The third kappa shape index (κ3) is 1.20. The van der Waals surface area contributed by atoms with Gasteiger partial charge in [0.15, 0.2) is 0 Å². The van der Waals surface area contributed by atoms with Crippen molar-refractivity contribution in [3.63, 3.8) is 0 Å². The van der Waals surface area contributed by atoms with Crippen LogP contribution in [0.5, 0.6) is 0 Å². The maximum atomic E-state index is 4.26. The maximum Gasteiger partial charge on any atom is 0.109 e. The van der Waals surface area contributed by atoms with Gasteiger partial charge in [-0.25, -0.2) is 0 Å². The van der Waals surface area contributed by atoms with E-state index < -0.39 is 0 Å². The van der Waals surface area contributed by atoms with Gasteiger partial charge in [0, 0.05) is 13.2 Å². The van der Waals surface area contributed by atoms with E-state index in [-0.39, 0.29) is 0 Å². The lowest BCUT2D eigenvalue weighted by Crippen LogP contribution is -1.96. The van der Waals surface area contributed by atoms with E-state index in [2.05, 4.69) is 30.0 Å². The van der Waals surface area contributed by atoms with Gasteiger partial charge in [0.2, 0.25) is 0 Å². The average molecular weight is 175 g/mol. The summed E-state index contributed by atoms with van der Waals surface area (Å²) >= 11 is 0. The summed E-state index contributed by atoms with van der Waals surface area (Å²) in [7, 11) is 1.95. The van der Waals surface area contributed by atoms with E-state index in [9.17, 15) is 0 Å². The van der Waals surface area contributed by atoms with Crippen LogP contribution in [0.2, 0.25) is 0 Å². The van der Waals surface area contributed by atoms with Crippen LogP contribution in [0.15, 0.2) is 18.5 Å². The van der Waals surface area contributed by atoms with Crippen molar-refractivity contribution in [1.82, 2.24) is 14.8 Å². The second-order valence-corrected chi connectivity index (χ2v) is 3.56. The van der Waals surface area contributed by atoms with Gasteiger partial charge in [-0.3, -0.25) is 9.67 Å². The van der Waals surface area contributed by atoms with Crippen LogP contribution in [-0.4, -0.2) is 14.8 Å². The molecular formula is C10H13N3. The Morgan fingerprint density at radius 2 is 2.15 bits per heavy atom. The summed E-state index contributed by atoms with van der Waals surface area (Å²) in [5.41, 5.74) is 3.44. The molecule has 3 heteroatoms. The summed E-state index contributed by atoms with van der Waals surface area (Å²) < 4.78 is 1.89. The maximum absolute atomic E-state index is 4.26. The van der Waals surface area contributed by atoms with Gasteiger partial charge in [0.1, 0.15) is 5.52 Å². The first-order valence-corrected chi connectivity index (χ1v) is 4.46. The lowest BCUT2D eigenvalue weighted by molar-refractivity contribution is 0.779. The number of pyridine rings is 1. The fourth-order valence-electron chi connectivity index (χ4n) is 1.60. The number of rotatable bonds is 1. The van der Waals surface area contributed by atoms with E-state index in [1.165, 1.54) is 5.56 Å². The van der Waals surface area contributed by atoms with Gasteiger partial charge in [0.05, 0.1) is 11.7 Å². The zero-order chi connectivity index (χ0) is 9.42. The van der Waals surface area contributed by atoms with Gasteiger partial charge in [-0.2, -0.15) is 5.10 Å². The number of hydrogen-bond donors (Lipinski definition) is 0. The summed E-state index contributed by atoms with van der Waals surface area (Å²) in [6, 6.07) is 2.06. The topological polar surface area (TPSA) is 30.7 Å². The quantitative estimate of drug-likeness (QED) is 0.664. The van der Waals surface area contributed by atoms with Crippen molar-refractivity contribution in [2.75, 3.05) is 0 Å². The number of hydrogen-bond acceptors (Lipinski definition) is 2. The van der Waals surface area contributed by atoms with Crippen molar-refractivity contribution in [1.29, 1.82) is 0 Å². The van der Waals surface area contributed by atoms with Gasteiger partial charge in [-0.15, -0.1) is 0 Å². The van der Waals surface area contributed by atoms with E-state index in [0.717, 1.165) is 11.0 Å². The summed E-state index contributed by atoms with van der Waals surface area (Å²) in [5.74, 6) is 0.515. The highest BCUT2D eigenvalue weighted by Crippen LogP contribution is 2.22. The van der Waals surface area contributed by atoms with E-state index in [0.29, 0.717) is 5.92 Å². The number of aryl methyl sites for hydroxylation is 1. The molecule has 2 rings (SSSR count). The minimum Gasteiger partial charge on any atom is -0.266 e. The molecule has 13 heavy (non-hydrogen) atoms. The molecule has 0 aliphatic carbocycles. The summed E-state index contributed by atoms with van der Waals surface area (Å²) in [6.45, 7) is 4.36. The minimum absolute atomic E-state index is 0.515. The molecule has 0 aromatic carbocycles. The standard InChI is InChI=1S/C10H13N3/c1-7(2)8-4-5-11-9-6-12-13(3)10(8)9/h4-7H,1-3H3. The van der Waals surface area contributed by atoms with Crippen LogP contribution in [0.4, 0.5) is 0 Å². The third-order valence-corrected chi connectivity index (χ3v) is 2.28. The zero-order valence-electron chi connectivity index (χ0n) is 8.15. The molecule has 3 nitrogen and oxygen atoms in total. The molecule has 2 aromatic heterocycles. The molecule has 0 atom stereocenters. The molecule has 0 bridgehead atoms. The fraction of sp³-hybridized carbons (Fsp3) is 0.400. The molecule has 0 saturated heterocycles. The SMILES string of the molecule is CC(C)c1ccnc2cnn(C)c12. The predicted octanol–water partition coefficient (Wildman–Crippen LogP) is 2.09. The van der Waals surface area contributed by atoms with Gasteiger partial charge >= 0.3 is 0 Å². The van der Waals surface area contributed by atoms with Gasteiger partial charge < -0.3 is 0 Å². The molecule has 0 N–H and O–H groups in total. The molecule has 0 spiro atoms. The minimum atomic E-state index is 0.515. The van der Waals surface area contributed by atoms with Crippen LogP contribution >= 0.6 is 0 Å². The second kappa shape index (κ2) is 2.83. The van der Waals surface area contributed by atoms with Gasteiger partial charge in [-0.05, 0) is 17.5 Å². The molecule has 0 aliphatic rings. The molecule has 0 saturated carbocycles. The first kappa shape index (κ1) is 8.23. The van der Waals surface area contributed by atoms with Crippen LogP contribution in [0.25, 0.3) is 11.0 Å². The van der Waals surface area contributed by atoms with Crippen LogP contribution in [0.1, 0.15) is 25.3 Å². The third-order valence-electron chi connectivity index (χ3n) is 2.28. The van der Waals surface area contributed by atoms with Crippen LogP contribution in [-0.2, 0) is 7.05 Å². The first-order chi connectivity index (χ1) is 6.20. The Labute approximate surface area is 77.4 Å². The summed E-state index contributed by atoms with van der Waals surface area (Å²) in [6.07, 6.45) is 3.65. The monoisotopic (exact) mass is 175 g/mol. The lowest BCUT2D eigenvalue weighted by atomic mass is 10.0. The molecule has 0 amide bonds. The highest BCUT2D eigenvalue weighted by Gasteiger charge is 2.08. The first-order valence-electron chi connectivity index (χ1n) is 4.46.